The van der Waals surface area contributed by atoms with Crippen LogP contribution in [0.5, 0.6) is 0 Å². The Labute approximate surface area is 295 Å². The summed E-state index contributed by atoms with van der Waals surface area (Å²) in [7, 11) is 0. The second-order valence-electron chi connectivity index (χ2n) is 19.4. The molecule has 3 N–H and O–H groups in total. The summed E-state index contributed by atoms with van der Waals surface area (Å²) in [6.45, 7) is 16.4. The van der Waals surface area contributed by atoms with Gasteiger partial charge in [-0.25, -0.2) is 9.59 Å². The molecule has 1 heterocycles. The quantitative estimate of drug-likeness (QED) is 0.282. The van der Waals surface area contributed by atoms with E-state index < -0.39 is 5.97 Å². The number of hydrogen-bond donors (Lipinski definition) is 3. The molecule has 1 aromatic rings. The van der Waals surface area contributed by atoms with Crippen LogP contribution in [-0.2, 0) is 0 Å². The Kier molecular flexibility index (Phi) is 7.99. The molecule has 6 heteroatoms. The van der Waals surface area contributed by atoms with Gasteiger partial charge in [0.1, 0.15) is 0 Å². The fraction of sp³-hybridized carbons (Fsp3) is 0.767. The van der Waals surface area contributed by atoms with Crippen molar-refractivity contribution < 1.29 is 14.7 Å². The van der Waals surface area contributed by atoms with Crippen LogP contribution in [0.3, 0.4) is 0 Å². The summed E-state index contributed by atoms with van der Waals surface area (Å²) in [6, 6.07) is 7.71. The van der Waals surface area contributed by atoms with Crippen molar-refractivity contribution in [3.8, 4) is 0 Å². The van der Waals surface area contributed by atoms with E-state index in [0.717, 1.165) is 38.6 Å². The molecule has 7 unspecified atom stereocenters. The van der Waals surface area contributed by atoms with Crippen LogP contribution in [0.25, 0.3) is 5.57 Å². The van der Waals surface area contributed by atoms with E-state index in [9.17, 15) is 14.7 Å². The number of carboxylic acids is 1. The molecule has 0 bridgehead atoms. The second-order valence-corrected chi connectivity index (χ2v) is 19.4. The number of amides is 2. The molecule has 7 aliphatic rings. The van der Waals surface area contributed by atoms with Gasteiger partial charge < -0.3 is 20.6 Å². The van der Waals surface area contributed by atoms with Crippen molar-refractivity contribution in [3.05, 3.63) is 41.5 Å². The standard InChI is InChI=1S/C43H63N3O3/c1-38(2)31(29-11-13-30(14-12-29)36(47)48)17-20-39(3)34(38)18-21-41(5)35(39)16-15-32-33-10-9-19-43(33,25-22-40(32,41)4)45-37(49)44-42(23-24-42)28-46-26-7-6-8-27-46/h11-14,17,32-35H,6-10,15-16,18-28H2,1-5H3,(H,47,48)(H2,44,45,49)/t32?,33?,34?,35?,39?,40-,41?,43?/m1/s1. The zero-order chi connectivity index (χ0) is 34.5. The van der Waals surface area contributed by atoms with Crippen molar-refractivity contribution in [2.75, 3.05) is 19.6 Å². The lowest BCUT2D eigenvalue weighted by atomic mass is 9.33. The van der Waals surface area contributed by atoms with Crippen LogP contribution in [-0.4, -0.2) is 52.7 Å². The number of allylic oxidation sites excluding steroid dienone is 2. The van der Waals surface area contributed by atoms with Gasteiger partial charge in [-0.15, -0.1) is 0 Å². The van der Waals surface area contributed by atoms with E-state index >= 15 is 0 Å². The maximum Gasteiger partial charge on any atom is 0.335 e. The summed E-state index contributed by atoms with van der Waals surface area (Å²) >= 11 is 0. The van der Waals surface area contributed by atoms with Gasteiger partial charge in [0, 0.05) is 12.1 Å². The Morgan fingerprint density at radius 3 is 2.18 bits per heavy atom. The van der Waals surface area contributed by atoms with Crippen LogP contribution in [0, 0.1) is 45.3 Å². The van der Waals surface area contributed by atoms with Gasteiger partial charge in [0.25, 0.3) is 0 Å². The van der Waals surface area contributed by atoms with Gasteiger partial charge in [-0.05, 0) is 165 Å². The van der Waals surface area contributed by atoms with Crippen molar-refractivity contribution >= 4 is 17.6 Å². The molecule has 0 spiro atoms. The van der Waals surface area contributed by atoms with Crippen LogP contribution < -0.4 is 10.6 Å². The molecule has 8 atom stereocenters. The maximum atomic E-state index is 13.8. The van der Waals surface area contributed by atoms with Crippen LogP contribution in [0.1, 0.15) is 147 Å². The fourth-order valence-corrected chi connectivity index (χ4v) is 14.2. The minimum atomic E-state index is -0.863. The largest absolute Gasteiger partial charge is 0.478 e. The van der Waals surface area contributed by atoms with Crippen molar-refractivity contribution in [3.63, 3.8) is 0 Å². The Morgan fingerprint density at radius 1 is 0.755 bits per heavy atom. The highest BCUT2D eigenvalue weighted by Gasteiger charge is 2.69. The minimum Gasteiger partial charge on any atom is -0.478 e. The first-order chi connectivity index (χ1) is 23.3. The van der Waals surface area contributed by atoms with E-state index in [2.05, 4.69) is 56.2 Å². The van der Waals surface area contributed by atoms with Crippen molar-refractivity contribution in [2.24, 2.45) is 45.3 Å². The van der Waals surface area contributed by atoms with E-state index in [-0.39, 0.29) is 38.8 Å². The molecule has 49 heavy (non-hydrogen) atoms. The molecular weight excluding hydrogens is 606 g/mol. The summed E-state index contributed by atoms with van der Waals surface area (Å²) in [5.74, 6) is 1.67. The predicted molar refractivity (Wildman–Crippen MR) is 196 cm³/mol. The molecule has 5 saturated carbocycles. The van der Waals surface area contributed by atoms with Gasteiger partial charge in [0.2, 0.25) is 0 Å². The van der Waals surface area contributed by atoms with Crippen LogP contribution >= 0.6 is 0 Å². The molecule has 1 aromatic carbocycles. The topological polar surface area (TPSA) is 81.7 Å². The first kappa shape index (κ1) is 33.8. The number of nitrogens with one attached hydrogen (secondary N) is 2. The third-order valence-electron chi connectivity index (χ3n) is 17.0. The first-order valence-electron chi connectivity index (χ1n) is 20.1. The zero-order valence-corrected chi connectivity index (χ0v) is 31.1. The number of rotatable bonds is 6. The van der Waals surface area contributed by atoms with Crippen molar-refractivity contribution in [2.45, 2.75) is 142 Å². The van der Waals surface area contributed by atoms with Gasteiger partial charge in [0.15, 0.2) is 0 Å². The summed E-state index contributed by atoms with van der Waals surface area (Å²) < 4.78 is 0. The highest BCUT2D eigenvalue weighted by Crippen LogP contribution is 2.76. The Hall–Kier alpha value is -2.34. The molecule has 0 radical (unpaired) electrons. The first-order valence-corrected chi connectivity index (χ1v) is 20.1. The smallest absolute Gasteiger partial charge is 0.335 e. The van der Waals surface area contributed by atoms with Gasteiger partial charge in [0.05, 0.1) is 11.1 Å². The number of benzene rings is 1. The third-order valence-corrected chi connectivity index (χ3v) is 17.0. The number of carbonyl (C=O) groups is 2. The number of fused-ring (bicyclic) bond motifs is 7. The molecule has 6 fully saturated rings. The molecule has 2 amide bonds. The highest BCUT2D eigenvalue weighted by atomic mass is 16.4. The number of hydrogen-bond acceptors (Lipinski definition) is 3. The number of urea groups is 1. The number of nitrogens with zero attached hydrogens (tertiary/aromatic N) is 1. The number of carbonyl (C=O) groups excluding carboxylic acids is 1. The maximum absolute atomic E-state index is 13.8. The highest BCUT2D eigenvalue weighted by molar-refractivity contribution is 5.88. The minimum absolute atomic E-state index is 0.00102. The van der Waals surface area contributed by atoms with E-state index in [1.807, 2.05) is 12.1 Å². The Bertz CT molecular complexity index is 1510. The number of likely N-dealkylation sites (tertiary alicyclic amines) is 1. The molecule has 268 valence electrons. The van der Waals surface area contributed by atoms with Gasteiger partial charge in [-0.1, -0.05) is 65.7 Å². The Balaban J connectivity index is 1.01. The van der Waals surface area contributed by atoms with Crippen molar-refractivity contribution in [1.29, 1.82) is 0 Å². The second kappa shape index (κ2) is 11.6. The number of carboxylic acid groups (broad SMARTS) is 1. The van der Waals surface area contributed by atoms with Gasteiger partial charge in [-0.3, -0.25) is 0 Å². The lowest BCUT2D eigenvalue weighted by Gasteiger charge is -2.72. The summed E-state index contributed by atoms with van der Waals surface area (Å²) in [5, 5.41) is 16.8. The average molecular weight is 670 g/mol. The molecule has 6 nitrogen and oxygen atoms in total. The predicted octanol–water partition coefficient (Wildman–Crippen LogP) is 9.30. The molecule has 1 aliphatic heterocycles. The normalized spacial score (nSPS) is 42.0. The SMILES string of the molecule is CC1(C)C(c2ccc(C(=O)O)cc2)=CCC2(C)C1CCC1(C)C2CCC2C3CCCC3(NC(=O)NC3(CN4CCCCC4)CC3)CC[C@]21C. The fourth-order valence-electron chi connectivity index (χ4n) is 14.2. The molecule has 8 rings (SSSR count). The van der Waals surface area contributed by atoms with E-state index in [1.165, 1.54) is 88.4 Å². The molecule has 1 saturated heterocycles. The summed E-state index contributed by atoms with van der Waals surface area (Å²) in [6.07, 6.45) is 21.0. The molecule has 0 aromatic heterocycles. The van der Waals surface area contributed by atoms with Crippen molar-refractivity contribution in [1.82, 2.24) is 15.5 Å². The van der Waals surface area contributed by atoms with E-state index in [1.54, 1.807) is 12.1 Å². The zero-order valence-electron chi connectivity index (χ0n) is 31.1. The number of aromatic carboxylic acids is 1. The van der Waals surface area contributed by atoms with Crippen LogP contribution in [0.2, 0.25) is 0 Å². The average Bonchev–Trinajstić information content (AvgIpc) is 3.67. The molecule has 6 aliphatic carbocycles. The third kappa shape index (κ3) is 5.18. The number of piperidine rings is 1. The lowest BCUT2D eigenvalue weighted by Crippen LogP contribution is -2.68. The van der Waals surface area contributed by atoms with Crippen LogP contribution in [0.4, 0.5) is 4.79 Å². The van der Waals surface area contributed by atoms with E-state index in [0.29, 0.717) is 29.2 Å². The Morgan fingerprint density at radius 2 is 1.49 bits per heavy atom. The molecular formula is C43H63N3O3. The van der Waals surface area contributed by atoms with Crippen LogP contribution in [0.15, 0.2) is 30.3 Å². The van der Waals surface area contributed by atoms with Gasteiger partial charge in [-0.2, -0.15) is 0 Å². The summed E-state index contributed by atoms with van der Waals surface area (Å²) in [4.78, 5) is 28.0. The van der Waals surface area contributed by atoms with E-state index in [4.69, 9.17) is 0 Å². The monoisotopic (exact) mass is 669 g/mol. The van der Waals surface area contributed by atoms with Gasteiger partial charge >= 0.3 is 12.0 Å². The lowest BCUT2D eigenvalue weighted by molar-refractivity contribution is -0.216. The summed E-state index contributed by atoms with van der Waals surface area (Å²) in [5.41, 5.74) is 3.73.